The lowest BCUT2D eigenvalue weighted by Crippen LogP contribution is -2.10. The van der Waals surface area contributed by atoms with Gasteiger partial charge in [0.05, 0.1) is 17.3 Å². The maximum atomic E-state index is 13.5. The molecule has 0 unspecified atom stereocenters. The lowest BCUT2D eigenvalue weighted by molar-refractivity contribution is 0.627. The molecule has 0 spiro atoms. The summed E-state index contributed by atoms with van der Waals surface area (Å²) in [6.07, 6.45) is 0. The average molecular weight is 257 g/mol. The van der Waals surface area contributed by atoms with E-state index in [4.69, 9.17) is 11.6 Å². The maximum Gasteiger partial charge on any atom is 0.189 e. The van der Waals surface area contributed by atoms with Crippen molar-refractivity contribution in [1.82, 2.24) is 4.98 Å². The molecule has 0 bridgehead atoms. The van der Waals surface area contributed by atoms with E-state index in [1.807, 2.05) is 5.38 Å². The number of halogens is 2. The molecule has 0 fully saturated rings. The summed E-state index contributed by atoms with van der Waals surface area (Å²) in [5.74, 6) is 0.120. The van der Waals surface area contributed by atoms with Gasteiger partial charge in [0.15, 0.2) is 5.13 Å². The highest BCUT2D eigenvalue weighted by atomic mass is 35.5. The van der Waals surface area contributed by atoms with Crippen LogP contribution in [0.25, 0.3) is 0 Å². The van der Waals surface area contributed by atoms with Gasteiger partial charge in [0, 0.05) is 12.4 Å². The Balaban J connectivity index is 2.31. The van der Waals surface area contributed by atoms with Crippen LogP contribution in [0.3, 0.4) is 0 Å². The summed E-state index contributed by atoms with van der Waals surface area (Å²) >= 11 is 7.12. The Kier molecular flexibility index (Phi) is 3.41. The van der Waals surface area contributed by atoms with Gasteiger partial charge >= 0.3 is 0 Å². The number of aromatic nitrogens is 1. The largest absolute Gasteiger partial charge is 0.318 e. The van der Waals surface area contributed by atoms with E-state index < -0.39 is 0 Å². The molecule has 2 nitrogen and oxygen atoms in total. The second kappa shape index (κ2) is 4.80. The van der Waals surface area contributed by atoms with Crippen LogP contribution in [0.1, 0.15) is 5.69 Å². The number of alkyl halides is 1. The van der Waals surface area contributed by atoms with Crippen molar-refractivity contribution in [2.75, 3.05) is 11.9 Å². The molecule has 0 radical (unpaired) electrons. The molecule has 0 aliphatic rings. The molecule has 0 saturated heterocycles. The Morgan fingerprint density at radius 1 is 1.44 bits per heavy atom. The molecule has 1 aromatic carbocycles. The van der Waals surface area contributed by atoms with Gasteiger partial charge in [-0.2, -0.15) is 0 Å². The fraction of sp³-hybridized carbons (Fsp3) is 0.182. The van der Waals surface area contributed by atoms with Crippen molar-refractivity contribution >= 4 is 33.8 Å². The van der Waals surface area contributed by atoms with Crippen molar-refractivity contribution in [2.45, 2.75) is 5.88 Å². The summed E-state index contributed by atoms with van der Waals surface area (Å²) < 4.78 is 13.5. The molecule has 0 saturated carbocycles. The molecular formula is C11H10ClFN2S. The van der Waals surface area contributed by atoms with Crippen LogP contribution in [0, 0.1) is 5.82 Å². The number of thiazole rings is 1. The first kappa shape index (κ1) is 11.4. The molecule has 1 heterocycles. The summed E-state index contributed by atoms with van der Waals surface area (Å²) in [6, 6.07) is 6.61. The molecule has 0 aliphatic heterocycles. The van der Waals surface area contributed by atoms with E-state index in [2.05, 4.69) is 4.98 Å². The predicted octanol–water partition coefficient (Wildman–Crippen LogP) is 3.79. The summed E-state index contributed by atoms with van der Waals surface area (Å²) in [7, 11) is 1.79. The topological polar surface area (TPSA) is 16.1 Å². The summed E-state index contributed by atoms with van der Waals surface area (Å²) in [4.78, 5) is 6.01. The van der Waals surface area contributed by atoms with E-state index in [1.165, 1.54) is 17.4 Å². The molecular weight excluding hydrogens is 247 g/mol. The second-order valence-corrected chi connectivity index (χ2v) is 4.37. The molecule has 5 heteroatoms. The van der Waals surface area contributed by atoms with Gasteiger partial charge in [0.2, 0.25) is 0 Å². The molecule has 0 atom stereocenters. The van der Waals surface area contributed by atoms with Crippen LogP contribution in [0.2, 0.25) is 0 Å². The lowest BCUT2D eigenvalue weighted by atomic mass is 10.3. The number of anilines is 2. The highest BCUT2D eigenvalue weighted by Gasteiger charge is 2.11. The molecule has 16 heavy (non-hydrogen) atoms. The van der Waals surface area contributed by atoms with E-state index in [1.54, 1.807) is 30.1 Å². The molecule has 2 aromatic rings. The fourth-order valence-corrected chi connectivity index (χ4v) is 2.37. The Hall–Kier alpha value is -1.13. The zero-order valence-electron chi connectivity index (χ0n) is 8.65. The van der Waals surface area contributed by atoms with Crippen molar-refractivity contribution in [1.29, 1.82) is 0 Å². The zero-order chi connectivity index (χ0) is 11.5. The molecule has 0 N–H and O–H groups in total. The zero-order valence-corrected chi connectivity index (χ0v) is 10.2. The normalized spacial score (nSPS) is 10.4. The minimum atomic E-state index is -0.257. The van der Waals surface area contributed by atoms with E-state index in [9.17, 15) is 4.39 Å². The average Bonchev–Trinajstić information content (AvgIpc) is 2.77. The van der Waals surface area contributed by atoms with Gasteiger partial charge in [-0.05, 0) is 12.1 Å². The van der Waals surface area contributed by atoms with Crippen molar-refractivity contribution < 1.29 is 4.39 Å². The monoisotopic (exact) mass is 256 g/mol. The van der Waals surface area contributed by atoms with E-state index >= 15 is 0 Å². The van der Waals surface area contributed by atoms with Crippen molar-refractivity contribution in [3.05, 3.63) is 41.2 Å². The Labute approximate surface area is 102 Å². The first-order valence-corrected chi connectivity index (χ1v) is 6.12. The van der Waals surface area contributed by atoms with E-state index in [-0.39, 0.29) is 5.82 Å². The minimum Gasteiger partial charge on any atom is -0.318 e. The minimum absolute atomic E-state index is 0.257. The highest BCUT2D eigenvalue weighted by Crippen LogP contribution is 2.28. The smallest absolute Gasteiger partial charge is 0.189 e. The van der Waals surface area contributed by atoms with E-state index in [0.717, 1.165) is 10.8 Å². The van der Waals surface area contributed by atoms with Gasteiger partial charge < -0.3 is 4.90 Å². The SMILES string of the molecule is CN(c1nc(CCl)cs1)c1ccccc1F. The number of hydrogen-bond acceptors (Lipinski definition) is 3. The quantitative estimate of drug-likeness (QED) is 0.777. The molecule has 0 aliphatic carbocycles. The number of para-hydroxylation sites is 1. The van der Waals surface area contributed by atoms with Crippen LogP contribution < -0.4 is 4.90 Å². The summed E-state index contributed by atoms with van der Waals surface area (Å²) in [5, 5.41) is 2.61. The van der Waals surface area contributed by atoms with Gasteiger partial charge in [-0.1, -0.05) is 12.1 Å². The van der Waals surface area contributed by atoms with Crippen LogP contribution in [-0.2, 0) is 5.88 Å². The molecule has 2 rings (SSSR count). The van der Waals surface area contributed by atoms with Gasteiger partial charge in [-0.3, -0.25) is 0 Å². The lowest BCUT2D eigenvalue weighted by Gasteiger charge is -2.16. The number of benzene rings is 1. The van der Waals surface area contributed by atoms with E-state index in [0.29, 0.717) is 11.6 Å². The van der Waals surface area contributed by atoms with Crippen molar-refractivity contribution in [2.24, 2.45) is 0 Å². The fourth-order valence-electron chi connectivity index (χ4n) is 1.34. The third-order valence-electron chi connectivity index (χ3n) is 2.18. The van der Waals surface area contributed by atoms with Gasteiger partial charge in [-0.15, -0.1) is 22.9 Å². The summed E-state index contributed by atoms with van der Waals surface area (Å²) in [6.45, 7) is 0. The Bertz CT molecular complexity index is 486. The third-order valence-corrected chi connectivity index (χ3v) is 3.42. The van der Waals surface area contributed by atoms with Gasteiger partial charge in [0.1, 0.15) is 5.82 Å². The first-order chi connectivity index (χ1) is 7.72. The Morgan fingerprint density at radius 3 is 2.81 bits per heavy atom. The standard InChI is InChI=1S/C11H10ClFN2S/c1-15(10-5-3-2-4-9(10)13)11-14-8(6-12)7-16-11/h2-5,7H,6H2,1H3. The van der Waals surface area contributed by atoms with Crippen LogP contribution in [-0.4, -0.2) is 12.0 Å². The molecule has 0 amide bonds. The highest BCUT2D eigenvalue weighted by molar-refractivity contribution is 7.13. The number of hydrogen-bond donors (Lipinski definition) is 0. The molecule has 1 aromatic heterocycles. The number of rotatable bonds is 3. The van der Waals surface area contributed by atoms with Crippen LogP contribution in [0.4, 0.5) is 15.2 Å². The third kappa shape index (κ3) is 2.18. The summed E-state index contributed by atoms with van der Waals surface area (Å²) in [5.41, 5.74) is 1.32. The predicted molar refractivity (Wildman–Crippen MR) is 66.1 cm³/mol. The van der Waals surface area contributed by atoms with Crippen molar-refractivity contribution in [3.63, 3.8) is 0 Å². The van der Waals surface area contributed by atoms with Gasteiger partial charge in [-0.25, -0.2) is 9.37 Å². The van der Waals surface area contributed by atoms with Crippen LogP contribution in [0.15, 0.2) is 29.6 Å². The van der Waals surface area contributed by atoms with Crippen LogP contribution in [0.5, 0.6) is 0 Å². The maximum absolute atomic E-state index is 13.5. The first-order valence-electron chi connectivity index (χ1n) is 4.71. The van der Waals surface area contributed by atoms with Crippen LogP contribution >= 0.6 is 22.9 Å². The van der Waals surface area contributed by atoms with Crippen molar-refractivity contribution in [3.8, 4) is 0 Å². The Morgan fingerprint density at radius 2 is 2.19 bits per heavy atom. The molecule has 84 valence electrons. The number of nitrogens with zero attached hydrogens (tertiary/aromatic N) is 2. The second-order valence-electron chi connectivity index (χ2n) is 3.27. The van der Waals surface area contributed by atoms with Gasteiger partial charge in [0.25, 0.3) is 0 Å².